The summed E-state index contributed by atoms with van der Waals surface area (Å²) in [5.41, 5.74) is 4.23. The van der Waals surface area contributed by atoms with Gasteiger partial charge in [-0.1, -0.05) is 17.7 Å². The fraction of sp³-hybridized carbons (Fsp3) is 0.440. The molecule has 2 atom stereocenters. The van der Waals surface area contributed by atoms with Gasteiger partial charge in [-0.25, -0.2) is 9.50 Å². The van der Waals surface area contributed by atoms with Gasteiger partial charge in [-0.3, -0.25) is 4.79 Å². The van der Waals surface area contributed by atoms with Crippen LogP contribution in [0.5, 0.6) is 0 Å². The Balaban J connectivity index is 1.47. The van der Waals surface area contributed by atoms with E-state index in [2.05, 4.69) is 11.0 Å². The molecule has 4 heterocycles. The lowest BCUT2D eigenvalue weighted by Crippen LogP contribution is -2.39. The van der Waals surface area contributed by atoms with Crippen molar-refractivity contribution >= 4 is 29.0 Å². The lowest BCUT2D eigenvalue weighted by Gasteiger charge is -2.35. The molecule has 33 heavy (non-hydrogen) atoms. The molecule has 0 radical (unpaired) electrons. The summed E-state index contributed by atoms with van der Waals surface area (Å²) < 4.78 is 1.81. The van der Waals surface area contributed by atoms with E-state index < -0.39 is 0 Å². The van der Waals surface area contributed by atoms with Crippen molar-refractivity contribution in [1.29, 1.82) is 5.26 Å². The summed E-state index contributed by atoms with van der Waals surface area (Å²) in [6.07, 6.45) is 5.77. The van der Waals surface area contributed by atoms with Gasteiger partial charge in [0.1, 0.15) is 5.82 Å². The zero-order valence-electron chi connectivity index (χ0n) is 19.0. The zero-order chi connectivity index (χ0) is 23.1. The second-order valence-corrected chi connectivity index (χ2v) is 9.59. The van der Waals surface area contributed by atoms with Gasteiger partial charge in [-0.05, 0) is 57.2 Å². The fourth-order valence-corrected chi connectivity index (χ4v) is 5.19. The molecule has 1 amide bonds. The number of aromatic nitrogens is 3. The van der Waals surface area contributed by atoms with E-state index in [9.17, 15) is 10.1 Å². The summed E-state index contributed by atoms with van der Waals surface area (Å²) >= 11 is 6.19. The van der Waals surface area contributed by atoms with Crippen LogP contribution in [-0.2, 0) is 0 Å². The maximum Gasteiger partial charge on any atom is 0.254 e. The number of rotatable bonds is 3. The first kappa shape index (κ1) is 21.7. The molecule has 7 nitrogen and oxygen atoms in total. The Hall–Kier alpha value is -3.11. The molecule has 2 saturated heterocycles. The van der Waals surface area contributed by atoms with Crippen LogP contribution >= 0.6 is 11.6 Å². The lowest BCUT2D eigenvalue weighted by molar-refractivity contribution is 0.0605. The molecular weight excluding hydrogens is 436 g/mol. The van der Waals surface area contributed by atoms with Crippen molar-refractivity contribution in [2.45, 2.75) is 45.6 Å². The van der Waals surface area contributed by atoms with Crippen LogP contribution in [0.3, 0.4) is 0 Å². The molecule has 2 fully saturated rings. The summed E-state index contributed by atoms with van der Waals surface area (Å²) in [5.74, 6) is 0.971. The Morgan fingerprint density at radius 2 is 2.00 bits per heavy atom. The van der Waals surface area contributed by atoms with Crippen LogP contribution < -0.4 is 4.90 Å². The minimum Gasteiger partial charge on any atom is -0.355 e. The Morgan fingerprint density at radius 3 is 2.79 bits per heavy atom. The molecular formula is C25H27ClN6O. The minimum atomic E-state index is -0.0927. The number of nitrogens with zero attached hydrogens (tertiary/aromatic N) is 6. The largest absolute Gasteiger partial charge is 0.355 e. The third kappa shape index (κ3) is 4.04. The third-order valence-electron chi connectivity index (χ3n) is 6.83. The average Bonchev–Trinajstić information content (AvgIpc) is 3.46. The SMILES string of the molecule is Cc1ccc(Cl)cc1C(=O)N1CCCCC1c1cc2nc(N3CCC(C#N)C3)c(C)cn2n1. The first-order valence-electron chi connectivity index (χ1n) is 11.5. The van der Waals surface area contributed by atoms with Gasteiger partial charge in [0.15, 0.2) is 5.65 Å². The summed E-state index contributed by atoms with van der Waals surface area (Å²) in [6, 6.07) is 9.75. The second-order valence-electron chi connectivity index (χ2n) is 9.15. The molecule has 1 aromatic carbocycles. The number of likely N-dealkylation sites (tertiary alicyclic amines) is 1. The average molecular weight is 463 g/mol. The van der Waals surface area contributed by atoms with Crippen molar-refractivity contribution in [3.8, 4) is 6.07 Å². The van der Waals surface area contributed by atoms with E-state index in [0.717, 1.165) is 60.5 Å². The minimum absolute atomic E-state index is 0.00111. The Morgan fingerprint density at radius 1 is 1.15 bits per heavy atom. The van der Waals surface area contributed by atoms with Gasteiger partial charge in [0, 0.05) is 48.0 Å². The number of hydrogen-bond donors (Lipinski definition) is 0. The number of nitriles is 1. The Kier molecular flexibility index (Phi) is 5.71. The molecule has 0 aliphatic carbocycles. The monoisotopic (exact) mass is 462 g/mol. The molecule has 3 aromatic rings. The molecule has 0 spiro atoms. The van der Waals surface area contributed by atoms with E-state index in [-0.39, 0.29) is 17.9 Å². The highest BCUT2D eigenvalue weighted by Gasteiger charge is 2.32. The third-order valence-corrected chi connectivity index (χ3v) is 7.06. The molecule has 0 N–H and O–H groups in total. The van der Waals surface area contributed by atoms with Gasteiger partial charge in [-0.15, -0.1) is 0 Å². The van der Waals surface area contributed by atoms with E-state index in [1.54, 1.807) is 6.07 Å². The van der Waals surface area contributed by atoms with Gasteiger partial charge in [0.25, 0.3) is 5.91 Å². The molecule has 170 valence electrons. The van der Waals surface area contributed by atoms with Crippen molar-refractivity contribution in [1.82, 2.24) is 19.5 Å². The van der Waals surface area contributed by atoms with E-state index in [4.69, 9.17) is 21.7 Å². The van der Waals surface area contributed by atoms with Crippen LogP contribution in [0.25, 0.3) is 5.65 Å². The molecule has 2 aliphatic heterocycles. The van der Waals surface area contributed by atoms with Crippen LogP contribution in [0.15, 0.2) is 30.5 Å². The summed E-state index contributed by atoms with van der Waals surface area (Å²) in [7, 11) is 0. The smallest absolute Gasteiger partial charge is 0.254 e. The molecule has 5 rings (SSSR count). The topological polar surface area (TPSA) is 77.5 Å². The van der Waals surface area contributed by atoms with Gasteiger partial charge in [-0.2, -0.15) is 10.4 Å². The molecule has 2 aliphatic rings. The number of carbonyl (C=O) groups is 1. The van der Waals surface area contributed by atoms with Gasteiger partial charge in [0.05, 0.1) is 23.7 Å². The van der Waals surface area contributed by atoms with E-state index in [1.165, 1.54) is 0 Å². The predicted octanol–water partition coefficient (Wildman–Crippen LogP) is 4.72. The van der Waals surface area contributed by atoms with Gasteiger partial charge >= 0.3 is 0 Å². The first-order valence-corrected chi connectivity index (χ1v) is 11.9. The molecule has 8 heteroatoms. The number of benzene rings is 1. The van der Waals surface area contributed by atoms with Crippen molar-refractivity contribution in [2.75, 3.05) is 24.5 Å². The van der Waals surface area contributed by atoms with Crippen LogP contribution in [0.2, 0.25) is 5.02 Å². The fourth-order valence-electron chi connectivity index (χ4n) is 5.02. The maximum atomic E-state index is 13.5. The molecule has 0 bridgehead atoms. The number of halogens is 1. The first-order chi connectivity index (χ1) is 15.9. The maximum absolute atomic E-state index is 13.5. The number of aryl methyl sites for hydroxylation is 2. The normalized spacial score (nSPS) is 20.9. The van der Waals surface area contributed by atoms with Crippen LogP contribution in [0.1, 0.15) is 58.9 Å². The summed E-state index contributed by atoms with van der Waals surface area (Å²) in [5, 5.41) is 14.6. The van der Waals surface area contributed by atoms with Gasteiger partial charge in [0.2, 0.25) is 0 Å². The second kappa shape index (κ2) is 8.68. The van der Waals surface area contributed by atoms with Crippen molar-refractivity contribution in [2.24, 2.45) is 5.92 Å². The number of amides is 1. The molecule has 2 aromatic heterocycles. The standard InChI is InChI=1S/C25H27ClN6O/c1-16-6-7-19(26)11-20(16)25(33)31-9-4-3-5-22(31)21-12-23-28-24(17(2)14-32(23)29-21)30-10-8-18(13-27)15-30/h6-7,11-12,14,18,22H,3-5,8-10,15H2,1-2H3. The van der Waals surface area contributed by atoms with E-state index in [1.807, 2.05) is 47.7 Å². The predicted molar refractivity (Wildman–Crippen MR) is 127 cm³/mol. The van der Waals surface area contributed by atoms with Gasteiger partial charge < -0.3 is 9.80 Å². The van der Waals surface area contributed by atoms with Crippen LogP contribution in [0.4, 0.5) is 5.82 Å². The molecule has 2 unspecified atom stereocenters. The van der Waals surface area contributed by atoms with E-state index >= 15 is 0 Å². The number of fused-ring (bicyclic) bond motifs is 1. The number of piperidine rings is 1. The number of hydrogen-bond acceptors (Lipinski definition) is 5. The quantitative estimate of drug-likeness (QED) is 0.563. The summed E-state index contributed by atoms with van der Waals surface area (Å²) in [4.78, 5) is 22.5. The highest BCUT2D eigenvalue weighted by atomic mass is 35.5. The Bertz CT molecular complexity index is 1260. The number of carbonyl (C=O) groups excluding carboxylic acids is 1. The van der Waals surface area contributed by atoms with Crippen molar-refractivity contribution in [3.05, 3.63) is 57.9 Å². The number of anilines is 1. The summed E-state index contributed by atoms with van der Waals surface area (Å²) in [6.45, 7) is 6.22. The Labute approximate surface area is 198 Å². The zero-order valence-corrected chi connectivity index (χ0v) is 19.7. The highest BCUT2D eigenvalue weighted by molar-refractivity contribution is 6.31. The highest BCUT2D eigenvalue weighted by Crippen LogP contribution is 2.33. The van der Waals surface area contributed by atoms with Crippen molar-refractivity contribution < 1.29 is 4.79 Å². The van der Waals surface area contributed by atoms with Crippen molar-refractivity contribution in [3.63, 3.8) is 0 Å². The lowest BCUT2D eigenvalue weighted by atomic mass is 9.97. The van der Waals surface area contributed by atoms with Crippen LogP contribution in [-0.4, -0.2) is 45.0 Å². The van der Waals surface area contributed by atoms with Crippen LogP contribution in [0, 0.1) is 31.1 Å². The molecule has 0 saturated carbocycles. The van der Waals surface area contributed by atoms with E-state index in [0.29, 0.717) is 23.7 Å².